The van der Waals surface area contributed by atoms with E-state index in [1.807, 2.05) is 6.07 Å². The largest absolute Gasteiger partial charge is 0.480 e. The fourth-order valence-corrected chi connectivity index (χ4v) is 3.10. The average molecular weight is 391 g/mol. The molecule has 2 rings (SSSR count). The zero-order chi connectivity index (χ0) is 20.5. The summed E-state index contributed by atoms with van der Waals surface area (Å²) in [5.41, 5.74) is 0.565. The Morgan fingerprint density at radius 1 is 1.25 bits per heavy atom. The van der Waals surface area contributed by atoms with Gasteiger partial charge in [-0.2, -0.15) is 0 Å². The molecule has 0 radical (unpaired) electrons. The first-order valence-electron chi connectivity index (χ1n) is 9.59. The van der Waals surface area contributed by atoms with Crippen molar-refractivity contribution >= 4 is 29.3 Å². The molecular formula is C19H29N5O4. The smallest absolute Gasteiger partial charge is 0.320 e. The minimum Gasteiger partial charge on any atom is -0.480 e. The maximum Gasteiger partial charge on any atom is 0.320 e. The fraction of sp³-hybridized carbons (Fsp3) is 0.579. The summed E-state index contributed by atoms with van der Waals surface area (Å²) in [4.78, 5) is 42.8. The molecule has 2 amide bonds. The van der Waals surface area contributed by atoms with Crippen LogP contribution >= 0.6 is 0 Å². The highest BCUT2D eigenvalue weighted by Gasteiger charge is 2.23. The number of aliphatic carboxylic acids is 1. The van der Waals surface area contributed by atoms with Crippen molar-refractivity contribution in [3.05, 3.63) is 18.3 Å². The molecule has 1 aliphatic rings. The van der Waals surface area contributed by atoms with Gasteiger partial charge in [-0.15, -0.1) is 0 Å². The van der Waals surface area contributed by atoms with Crippen LogP contribution in [0, 0.1) is 0 Å². The lowest BCUT2D eigenvalue weighted by atomic mass is 10.1. The Hall–Kier alpha value is -2.68. The van der Waals surface area contributed by atoms with E-state index in [1.54, 1.807) is 12.3 Å². The number of carboxylic acids is 1. The number of hydrogen-bond acceptors (Lipinski definition) is 6. The normalized spacial score (nSPS) is 15.2. The molecule has 1 saturated heterocycles. The van der Waals surface area contributed by atoms with Crippen molar-refractivity contribution in [2.75, 3.05) is 42.9 Å². The number of pyridine rings is 1. The molecule has 3 N–H and O–H groups in total. The van der Waals surface area contributed by atoms with Crippen LogP contribution < -0.4 is 15.5 Å². The van der Waals surface area contributed by atoms with E-state index >= 15 is 0 Å². The Morgan fingerprint density at radius 3 is 2.54 bits per heavy atom. The highest BCUT2D eigenvalue weighted by molar-refractivity contribution is 5.92. The third-order valence-corrected chi connectivity index (χ3v) is 4.74. The number of nitrogens with one attached hydrogen (secondary N) is 2. The lowest BCUT2D eigenvalue weighted by molar-refractivity contribution is -0.142. The summed E-state index contributed by atoms with van der Waals surface area (Å²) >= 11 is 0. The summed E-state index contributed by atoms with van der Waals surface area (Å²) in [7, 11) is 0. The molecule has 154 valence electrons. The molecule has 1 aliphatic heterocycles. The molecule has 1 aromatic heterocycles. The van der Waals surface area contributed by atoms with Crippen molar-refractivity contribution in [3.63, 3.8) is 0 Å². The van der Waals surface area contributed by atoms with Gasteiger partial charge < -0.3 is 20.6 Å². The third-order valence-electron chi connectivity index (χ3n) is 4.74. The van der Waals surface area contributed by atoms with Gasteiger partial charge in [0.15, 0.2) is 0 Å². The van der Waals surface area contributed by atoms with E-state index < -0.39 is 12.0 Å². The Bertz CT molecular complexity index is 673. The van der Waals surface area contributed by atoms with Crippen LogP contribution in [-0.2, 0) is 14.4 Å². The molecule has 1 fully saturated rings. The number of piperidine rings is 1. The molecule has 0 bridgehead atoms. The van der Waals surface area contributed by atoms with Gasteiger partial charge >= 0.3 is 5.97 Å². The minimum absolute atomic E-state index is 0.0963. The van der Waals surface area contributed by atoms with Crippen molar-refractivity contribution < 1.29 is 19.5 Å². The maximum absolute atomic E-state index is 12.4. The summed E-state index contributed by atoms with van der Waals surface area (Å²) in [6.45, 7) is 5.32. The maximum atomic E-state index is 12.4. The van der Waals surface area contributed by atoms with Crippen molar-refractivity contribution in [1.29, 1.82) is 0 Å². The molecule has 0 aromatic carbocycles. The molecule has 1 aromatic rings. The van der Waals surface area contributed by atoms with E-state index in [1.165, 1.54) is 25.2 Å². The highest BCUT2D eigenvalue weighted by Crippen LogP contribution is 2.19. The molecule has 1 atom stereocenters. The summed E-state index contributed by atoms with van der Waals surface area (Å²) in [5.74, 6) is -0.659. The third kappa shape index (κ3) is 6.80. The molecule has 28 heavy (non-hydrogen) atoms. The molecule has 9 nitrogen and oxygen atoms in total. The average Bonchev–Trinajstić information content (AvgIpc) is 2.67. The summed E-state index contributed by atoms with van der Waals surface area (Å²) in [6, 6.07) is 2.84. The van der Waals surface area contributed by atoms with E-state index in [0.717, 1.165) is 31.7 Å². The summed E-state index contributed by atoms with van der Waals surface area (Å²) in [5, 5.41) is 14.6. The van der Waals surface area contributed by atoms with Gasteiger partial charge in [0.2, 0.25) is 11.8 Å². The van der Waals surface area contributed by atoms with Crippen molar-refractivity contribution in [3.8, 4) is 0 Å². The summed E-state index contributed by atoms with van der Waals surface area (Å²) in [6.07, 6.45) is 5.19. The molecule has 9 heteroatoms. The van der Waals surface area contributed by atoms with Crippen LogP contribution in [0.1, 0.15) is 33.1 Å². The van der Waals surface area contributed by atoms with Crippen LogP contribution in [0.2, 0.25) is 0 Å². The Morgan fingerprint density at radius 2 is 1.96 bits per heavy atom. The lowest BCUT2D eigenvalue weighted by Crippen LogP contribution is -2.46. The predicted octanol–water partition coefficient (Wildman–Crippen LogP) is 0.922. The van der Waals surface area contributed by atoms with Crippen LogP contribution in [0.3, 0.4) is 0 Å². The van der Waals surface area contributed by atoms with Gasteiger partial charge in [0.05, 0.1) is 18.4 Å². The standard InChI is InChI=1S/C19H29N5O4/c1-14(19(27)28)24(11-8-20-15(2)25)13-18(26)22-16-6-7-17(21-12-16)23-9-4-3-5-10-23/h6-7,12,14H,3-5,8-11,13H2,1-2H3,(H,20,25)(H,22,26)(H,27,28). The molecule has 0 spiro atoms. The number of anilines is 2. The predicted molar refractivity (Wildman–Crippen MR) is 106 cm³/mol. The number of rotatable bonds is 9. The monoisotopic (exact) mass is 391 g/mol. The van der Waals surface area contributed by atoms with Crippen LogP contribution in [-0.4, -0.2) is 71.5 Å². The first kappa shape index (κ1) is 21.6. The number of carbonyl (C=O) groups excluding carboxylic acids is 2. The Balaban J connectivity index is 1.91. The van der Waals surface area contributed by atoms with Gasteiger partial charge in [-0.1, -0.05) is 0 Å². The van der Waals surface area contributed by atoms with Crippen LogP contribution in [0.15, 0.2) is 18.3 Å². The van der Waals surface area contributed by atoms with Gasteiger partial charge in [-0.25, -0.2) is 4.98 Å². The van der Waals surface area contributed by atoms with E-state index in [2.05, 4.69) is 20.5 Å². The van der Waals surface area contributed by atoms with Crippen molar-refractivity contribution in [1.82, 2.24) is 15.2 Å². The van der Waals surface area contributed by atoms with Crippen molar-refractivity contribution in [2.24, 2.45) is 0 Å². The van der Waals surface area contributed by atoms with Crippen LogP contribution in [0.25, 0.3) is 0 Å². The van der Waals surface area contributed by atoms with Crippen molar-refractivity contribution in [2.45, 2.75) is 39.2 Å². The zero-order valence-corrected chi connectivity index (χ0v) is 16.5. The quantitative estimate of drug-likeness (QED) is 0.573. The number of carbonyl (C=O) groups is 3. The molecule has 0 saturated carbocycles. The van der Waals surface area contributed by atoms with Gasteiger partial charge in [0, 0.05) is 33.1 Å². The SMILES string of the molecule is CC(=O)NCCN(CC(=O)Nc1ccc(N2CCCCC2)nc1)C(C)C(=O)O. The first-order valence-corrected chi connectivity index (χ1v) is 9.59. The second kappa shape index (κ2) is 10.6. The second-order valence-corrected chi connectivity index (χ2v) is 6.97. The number of carboxylic acid groups (broad SMARTS) is 1. The Kier molecular flexibility index (Phi) is 8.19. The number of nitrogens with zero attached hydrogens (tertiary/aromatic N) is 3. The lowest BCUT2D eigenvalue weighted by Gasteiger charge is -2.27. The van der Waals surface area contributed by atoms with Crippen LogP contribution in [0.5, 0.6) is 0 Å². The van der Waals surface area contributed by atoms with E-state index in [0.29, 0.717) is 5.69 Å². The molecule has 2 heterocycles. The van der Waals surface area contributed by atoms with E-state index in [9.17, 15) is 19.5 Å². The van der Waals surface area contributed by atoms with Crippen LogP contribution in [0.4, 0.5) is 11.5 Å². The Labute approximate surface area is 165 Å². The second-order valence-electron chi connectivity index (χ2n) is 6.97. The fourth-order valence-electron chi connectivity index (χ4n) is 3.10. The first-order chi connectivity index (χ1) is 13.4. The van der Waals surface area contributed by atoms with E-state index in [-0.39, 0.29) is 31.4 Å². The number of amides is 2. The van der Waals surface area contributed by atoms with Gasteiger partial charge in [-0.3, -0.25) is 19.3 Å². The topological polar surface area (TPSA) is 115 Å². The molecule has 0 aliphatic carbocycles. The number of aromatic nitrogens is 1. The zero-order valence-electron chi connectivity index (χ0n) is 16.5. The molecular weight excluding hydrogens is 362 g/mol. The van der Waals surface area contributed by atoms with E-state index in [4.69, 9.17) is 0 Å². The van der Waals surface area contributed by atoms with Gasteiger partial charge in [-0.05, 0) is 38.3 Å². The summed E-state index contributed by atoms with van der Waals surface area (Å²) < 4.78 is 0. The number of hydrogen-bond donors (Lipinski definition) is 3. The minimum atomic E-state index is -1.02. The highest BCUT2D eigenvalue weighted by atomic mass is 16.4. The van der Waals surface area contributed by atoms with Gasteiger partial charge in [0.1, 0.15) is 11.9 Å². The molecule has 1 unspecified atom stereocenters. The van der Waals surface area contributed by atoms with Gasteiger partial charge in [0.25, 0.3) is 0 Å².